The summed E-state index contributed by atoms with van der Waals surface area (Å²) < 4.78 is 0. The lowest BCUT2D eigenvalue weighted by atomic mass is 9.60. The second-order valence-corrected chi connectivity index (χ2v) is 19.0. The highest BCUT2D eigenvalue weighted by molar-refractivity contribution is 5.59. The van der Waals surface area contributed by atoms with E-state index in [1.54, 1.807) is 0 Å². The Morgan fingerprint density at radius 1 is 0.282 bits per heavy atom. The van der Waals surface area contributed by atoms with Crippen LogP contribution in [0.2, 0.25) is 0 Å². The summed E-state index contributed by atoms with van der Waals surface area (Å²) in [5.41, 5.74) is 11.9. The van der Waals surface area contributed by atoms with E-state index in [9.17, 15) is 0 Å². The van der Waals surface area contributed by atoms with Gasteiger partial charge in [-0.15, -0.1) is 0 Å². The Hall–Kier alpha value is -1.56. The number of benzene rings is 2. The first kappa shape index (κ1) is 33.6. The average molecular weight is 533 g/mol. The second kappa shape index (κ2) is 9.77. The van der Waals surface area contributed by atoms with Crippen LogP contribution in [0.4, 0.5) is 0 Å². The summed E-state index contributed by atoms with van der Waals surface area (Å²) >= 11 is 0. The fourth-order valence-corrected chi connectivity index (χ4v) is 6.03. The molecule has 0 heteroatoms. The molecule has 2 aromatic rings. The highest BCUT2D eigenvalue weighted by Gasteiger charge is 2.41. The van der Waals surface area contributed by atoms with E-state index in [1.807, 2.05) is 0 Å². The Morgan fingerprint density at radius 3 is 0.769 bits per heavy atom. The average Bonchev–Trinajstić information content (AvgIpc) is 2.67. The summed E-state index contributed by atoms with van der Waals surface area (Å²) in [6, 6.07) is 10.2. The predicted molar refractivity (Wildman–Crippen MR) is 177 cm³/mol. The van der Waals surface area contributed by atoms with Crippen molar-refractivity contribution in [3.63, 3.8) is 0 Å². The molecule has 220 valence electrons. The smallest absolute Gasteiger partial charge is 0.0155 e. The van der Waals surface area contributed by atoms with Crippen LogP contribution in [0.5, 0.6) is 0 Å². The molecular weight excluding hydrogens is 468 g/mol. The van der Waals surface area contributed by atoms with Gasteiger partial charge in [-0.25, -0.2) is 0 Å². The first-order chi connectivity index (χ1) is 16.9. The highest BCUT2D eigenvalue weighted by Crippen LogP contribution is 2.50. The van der Waals surface area contributed by atoms with E-state index in [2.05, 4.69) is 163 Å². The normalized spacial score (nSPS) is 14.7. The second-order valence-electron chi connectivity index (χ2n) is 19.0. The zero-order chi connectivity index (χ0) is 30.9. The largest absolute Gasteiger partial charge is 0.0561 e. The summed E-state index contributed by atoms with van der Waals surface area (Å²) in [7, 11) is 0. The van der Waals surface area contributed by atoms with Crippen LogP contribution in [0.3, 0.4) is 0 Å². The van der Waals surface area contributed by atoms with Gasteiger partial charge in [0.25, 0.3) is 0 Å². The zero-order valence-electron chi connectivity index (χ0n) is 29.8. The van der Waals surface area contributed by atoms with Gasteiger partial charge in [-0.1, -0.05) is 163 Å². The van der Waals surface area contributed by atoms with Gasteiger partial charge in [-0.05, 0) is 77.0 Å². The molecule has 0 aromatic heterocycles. The van der Waals surface area contributed by atoms with Gasteiger partial charge >= 0.3 is 0 Å². The van der Waals surface area contributed by atoms with Crippen molar-refractivity contribution in [2.24, 2.45) is 0 Å². The van der Waals surface area contributed by atoms with E-state index >= 15 is 0 Å². The molecule has 0 atom stereocenters. The molecule has 0 saturated heterocycles. The Labute approximate surface area is 244 Å². The molecule has 0 fully saturated rings. The van der Waals surface area contributed by atoms with E-state index in [0.29, 0.717) is 0 Å². The van der Waals surface area contributed by atoms with E-state index in [1.165, 1.54) is 44.5 Å². The Balaban J connectivity index is 3.33. The summed E-state index contributed by atoms with van der Waals surface area (Å²) in [4.78, 5) is 0. The molecule has 0 radical (unpaired) electrons. The Morgan fingerprint density at radius 2 is 0.538 bits per heavy atom. The minimum atomic E-state index is -0.189. The third-order valence-electron chi connectivity index (χ3n) is 8.48. The molecule has 2 aromatic carbocycles. The predicted octanol–water partition coefficient (Wildman–Crippen LogP) is 11.8. The van der Waals surface area contributed by atoms with Crippen LogP contribution in [0.1, 0.15) is 183 Å². The third-order valence-corrected chi connectivity index (χ3v) is 8.48. The molecule has 39 heavy (non-hydrogen) atoms. The monoisotopic (exact) mass is 533 g/mol. The fraction of sp³-hybridized carbons (Fsp3) is 0.692. The molecule has 0 N–H and O–H groups in total. The number of rotatable bonds is 2. The minimum Gasteiger partial charge on any atom is -0.0561 e. The molecule has 0 unspecified atom stereocenters. The van der Waals surface area contributed by atoms with Gasteiger partial charge in [0.15, 0.2) is 0 Å². The molecule has 0 amide bonds. The first-order valence-corrected chi connectivity index (χ1v) is 15.3. The molecule has 0 spiro atoms. The fourth-order valence-electron chi connectivity index (χ4n) is 6.03. The van der Waals surface area contributed by atoms with Crippen molar-refractivity contribution in [2.75, 3.05) is 0 Å². The maximum Gasteiger partial charge on any atom is 0.0155 e. The van der Waals surface area contributed by atoms with Gasteiger partial charge in [0.05, 0.1) is 0 Å². The van der Waals surface area contributed by atoms with Gasteiger partial charge < -0.3 is 0 Å². The van der Waals surface area contributed by atoms with Crippen molar-refractivity contribution in [1.82, 2.24) is 0 Å². The first-order valence-electron chi connectivity index (χ1n) is 15.3. The molecule has 0 heterocycles. The maximum atomic E-state index is 2.58. The van der Waals surface area contributed by atoms with Gasteiger partial charge in [-0.3, -0.25) is 0 Å². The van der Waals surface area contributed by atoms with Crippen LogP contribution >= 0.6 is 0 Å². The van der Waals surface area contributed by atoms with E-state index in [0.717, 1.165) is 0 Å². The SMILES string of the molecule is CC(C)(C)c1cc(C(C)(C)C)c(C(C)(C)c2cc(C(C)(C)C)cc(C(C)(C)C)c2C(C)(C)C)c(C(C)(C)C)c1. The summed E-state index contributed by atoms with van der Waals surface area (Å²) in [5.74, 6) is 0. The van der Waals surface area contributed by atoms with Crippen LogP contribution in [-0.2, 0) is 37.9 Å². The van der Waals surface area contributed by atoms with Crippen molar-refractivity contribution in [2.45, 2.75) is 176 Å². The van der Waals surface area contributed by atoms with Crippen LogP contribution in [0.15, 0.2) is 24.3 Å². The molecule has 0 aliphatic heterocycles. The lowest BCUT2D eigenvalue weighted by Gasteiger charge is -2.44. The van der Waals surface area contributed by atoms with Crippen LogP contribution in [-0.4, -0.2) is 0 Å². The van der Waals surface area contributed by atoms with E-state index in [-0.39, 0.29) is 37.9 Å². The minimum absolute atomic E-state index is 0.0147. The molecule has 0 aliphatic carbocycles. The molecule has 0 nitrogen and oxygen atoms in total. The lowest BCUT2D eigenvalue weighted by molar-refractivity contribution is 0.480. The molecule has 2 rings (SSSR count). The quantitative estimate of drug-likeness (QED) is 0.361. The van der Waals surface area contributed by atoms with Crippen molar-refractivity contribution in [3.8, 4) is 0 Å². The van der Waals surface area contributed by atoms with Crippen molar-refractivity contribution < 1.29 is 0 Å². The van der Waals surface area contributed by atoms with Crippen LogP contribution < -0.4 is 0 Å². The zero-order valence-corrected chi connectivity index (χ0v) is 29.8. The van der Waals surface area contributed by atoms with Gasteiger partial charge in [-0.2, -0.15) is 0 Å². The third kappa shape index (κ3) is 7.02. The standard InChI is InChI=1S/C39H64/c1-33(2,3)25-22-28(36(10,11)12)32(29(23-25)37(13,14)15)39(19,20)30-24-26(34(4,5)6)21-27(35(7,8)9)31(30)38(16,17)18/h21-24H,1-20H3. The molecule has 0 saturated carbocycles. The number of hydrogen-bond acceptors (Lipinski definition) is 0. The summed E-state index contributed by atoms with van der Waals surface area (Å²) in [6.45, 7) is 48.0. The summed E-state index contributed by atoms with van der Waals surface area (Å²) in [5, 5.41) is 0. The van der Waals surface area contributed by atoms with Crippen LogP contribution in [0, 0.1) is 0 Å². The lowest BCUT2D eigenvalue weighted by Crippen LogP contribution is -2.36. The summed E-state index contributed by atoms with van der Waals surface area (Å²) in [6.07, 6.45) is 0. The van der Waals surface area contributed by atoms with E-state index < -0.39 is 0 Å². The van der Waals surface area contributed by atoms with Crippen molar-refractivity contribution in [3.05, 3.63) is 68.8 Å². The molecule has 0 bridgehead atoms. The Kier molecular flexibility index (Phi) is 8.43. The molecular formula is C39H64. The number of hydrogen-bond donors (Lipinski definition) is 0. The van der Waals surface area contributed by atoms with Gasteiger partial charge in [0, 0.05) is 5.41 Å². The Bertz CT molecular complexity index is 1150. The topological polar surface area (TPSA) is 0 Å². The maximum absolute atomic E-state index is 2.58. The van der Waals surface area contributed by atoms with Crippen LogP contribution in [0.25, 0.3) is 0 Å². The van der Waals surface area contributed by atoms with Crippen molar-refractivity contribution >= 4 is 0 Å². The highest BCUT2D eigenvalue weighted by atomic mass is 14.4. The van der Waals surface area contributed by atoms with Crippen molar-refractivity contribution in [1.29, 1.82) is 0 Å². The van der Waals surface area contributed by atoms with Gasteiger partial charge in [0.1, 0.15) is 0 Å². The molecule has 0 aliphatic rings. The van der Waals surface area contributed by atoms with E-state index in [4.69, 9.17) is 0 Å². The van der Waals surface area contributed by atoms with Gasteiger partial charge in [0.2, 0.25) is 0 Å².